The summed E-state index contributed by atoms with van der Waals surface area (Å²) in [4.78, 5) is 0. The lowest BCUT2D eigenvalue weighted by molar-refractivity contribution is 0.655. The maximum atomic E-state index is 5.31. The van der Waals surface area contributed by atoms with Crippen molar-refractivity contribution in [1.29, 1.82) is 0 Å². The Morgan fingerprint density at radius 1 is 1.11 bits per heavy atom. The van der Waals surface area contributed by atoms with Crippen LogP contribution >= 0.6 is 12.2 Å². The summed E-state index contributed by atoms with van der Waals surface area (Å²) in [5.41, 5.74) is 3.58. The number of para-hydroxylation sites is 1. The predicted octanol–water partition coefficient (Wildman–Crippen LogP) is 4.17. The van der Waals surface area contributed by atoms with Gasteiger partial charge in [0.05, 0.1) is 0 Å². The minimum absolute atomic E-state index is 0.726. The topological polar surface area (TPSA) is 24.1 Å². The maximum Gasteiger partial charge on any atom is 0.170 e. The summed E-state index contributed by atoms with van der Waals surface area (Å²) in [5, 5.41) is 7.28. The largest absolute Gasteiger partial charge is 0.362 e. The molecule has 0 aliphatic heterocycles. The molecule has 0 bridgehead atoms. The third kappa shape index (κ3) is 5.05. The van der Waals surface area contributed by atoms with Gasteiger partial charge in [-0.1, -0.05) is 44.4 Å². The lowest BCUT2D eigenvalue weighted by Gasteiger charge is -2.14. The lowest BCUT2D eigenvalue weighted by Crippen LogP contribution is -2.29. The Morgan fingerprint density at radius 3 is 2.39 bits per heavy atom. The van der Waals surface area contributed by atoms with Crippen molar-refractivity contribution in [3.63, 3.8) is 0 Å². The van der Waals surface area contributed by atoms with Crippen LogP contribution in [0, 0.1) is 13.8 Å². The van der Waals surface area contributed by atoms with E-state index < -0.39 is 0 Å². The fourth-order valence-electron chi connectivity index (χ4n) is 1.92. The first-order valence-corrected chi connectivity index (χ1v) is 7.17. The van der Waals surface area contributed by atoms with E-state index in [4.69, 9.17) is 12.2 Å². The molecule has 0 aromatic heterocycles. The van der Waals surface area contributed by atoms with Crippen molar-refractivity contribution in [3.8, 4) is 0 Å². The zero-order chi connectivity index (χ0) is 13.4. The first-order chi connectivity index (χ1) is 8.65. The molecule has 1 aromatic rings. The van der Waals surface area contributed by atoms with Gasteiger partial charge >= 0.3 is 0 Å². The molecule has 1 rings (SSSR count). The van der Waals surface area contributed by atoms with Crippen molar-refractivity contribution in [2.75, 3.05) is 11.9 Å². The van der Waals surface area contributed by atoms with Crippen LogP contribution in [0.25, 0.3) is 0 Å². The van der Waals surface area contributed by atoms with Gasteiger partial charge in [-0.15, -0.1) is 0 Å². The second-order valence-electron chi connectivity index (χ2n) is 4.71. The van der Waals surface area contributed by atoms with Gasteiger partial charge in [0.15, 0.2) is 5.11 Å². The Kier molecular flexibility index (Phi) is 6.73. The molecule has 0 spiro atoms. The summed E-state index contributed by atoms with van der Waals surface area (Å²) in [7, 11) is 0. The smallest absolute Gasteiger partial charge is 0.170 e. The van der Waals surface area contributed by atoms with Crippen LogP contribution in [-0.2, 0) is 0 Å². The van der Waals surface area contributed by atoms with E-state index in [0.29, 0.717) is 0 Å². The molecular weight excluding hydrogens is 240 g/mol. The van der Waals surface area contributed by atoms with Gasteiger partial charge in [0.25, 0.3) is 0 Å². The van der Waals surface area contributed by atoms with E-state index in [1.54, 1.807) is 0 Å². The van der Waals surface area contributed by atoms with E-state index >= 15 is 0 Å². The number of aryl methyl sites for hydroxylation is 2. The summed E-state index contributed by atoms with van der Waals surface area (Å²) in [6.45, 7) is 7.37. The Labute approximate surface area is 116 Å². The highest BCUT2D eigenvalue weighted by Crippen LogP contribution is 2.19. The molecule has 0 aliphatic rings. The fourth-order valence-corrected chi connectivity index (χ4v) is 2.13. The summed E-state index contributed by atoms with van der Waals surface area (Å²) >= 11 is 5.31. The van der Waals surface area contributed by atoms with Crippen molar-refractivity contribution in [2.24, 2.45) is 0 Å². The molecule has 0 atom stereocenters. The quantitative estimate of drug-likeness (QED) is 0.595. The predicted molar refractivity (Wildman–Crippen MR) is 84.3 cm³/mol. The first kappa shape index (κ1) is 15.0. The van der Waals surface area contributed by atoms with Crippen molar-refractivity contribution in [1.82, 2.24) is 5.32 Å². The van der Waals surface area contributed by atoms with Crippen LogP contribution in [0.4, 0.5) is 5.69 Å². The standard InChI is InChI=1S/C15H24N2S/c1-4-5-6-7-11-16-15(18)17-14-12(2)9-8-10-13(14)3/h8-10H,4-7,11H2,1-3H3,(H2,16,17,18). The van der Waals surface area contributed by atoms with Gasteiger partial charge in [0, 0.05) is 12.2 Å². The van der Waals surface area contributed by atoms with Crippen LogP contribution in [0.2, 0.25) is 0 Å². The summed E-state index contributed by atoms with van der Waals surface area (Å²) in [6, 6.07) is 6.26. The van der Waals surface area contributed by atoms with Gasteiger partial charge in [-0.2, -0.15) is 0 Å². The van der Waals surface area contributed by atoms with E-state index in [1.165, 1.54) is 36.8 Å². The van der Waals surface area contributed by atoms with Crippen LogP contribution in [0.1, 0.15) is 43.7 Å². The highest BCUT2D eigenvalue weighted by molar-refractivity contribution is 7.80. The Bertz CT molecular complexity index is 368. The number of nitrogens with one attached hydrogen (secondary N) is 2. The van der Waals surface area contributed by atoms with Gasteiger partial charge in [-0.3, -0.25) is 0 Å². The zero-order valence-corrected chi connectivity index (χ0v) is 12.5. The molecule has 1 aromatic carbocycles. The number of thiocarbonyl (C=S) groups is 1. The first-order valence-electron chi connectivity index (χ1n) is 6.76. The van der Waals surface area contributed by atoms with Gasteiger partial charge in [-0.25, -0.2) is 0 Å². The maximum absolute atomic E-state index is 5.31. The van der Waals surface area contributed by atoms with Gasteiger partial charge < -0.3 is 10.6 Å². The van der Waals surface area contributed by atoms with Crippen LogP contribution in [0.3, 0.4) is 0 Å². The highest BCUT2D eigenvalue weighted by Gasteiger charge is 2.03. The monoisotopic (exact) mass is 264 g/mol. The molecule has 2 nitrogen and oxygen atoms in total. The molecule has 0 saturated heterocycles. The molecule has 0 saturated carbocycles. The molecule has 18 heavy (non-hydrogen) atoms. The third-order valence-electron chi connectivity index (χ3n) is 3.04. The summed E-state index contributed by atoms with van der Waals surface area (Å²) in [5.74, 6) is 0. The molecule has 2 N–H and O–H groups in total. The SMILES string of the molecule is CCCCCCNC(=S)Nc1c(C)cccc1C. The summed E-state index contributed by atoms with van der Waals surface area (Å²) < 4.78 is 0. The fraction of sp³-hybridized carbons (Fsp3) is 0.533. The van der Waals surface area contributed by atoms with Crippen LogP contribution < -0.4 is 10.6 Å². The van der Waals surface area contributed by atoms with E-state index in [1.807, 2.05) is 0 Å². The van der Waals surface area contributed by atoms with Crippen LogP contribution in [-0.4, -0.2) is 11.7 Å². The van der Waals surface area contributed by atoms with E-state index in [0.717, 1.165) is 17.3 Å². The Morgan fingerprint density at radius 2 is 1.78 bits per heavy atom. The molecule has 0 aliphatic carbocycles. The second-order valence-corrected chi connectivity index (χ2v) is 5.12. The molecule has 0 amide bonds. The van der Waals surface area contributed by atoms with Gasteiger partial charge in [-0.05, 0) is 43.6 Å². The number of hydrogen-bond donors (Lipinski definition) is 2. The highest BCUT2D eigenvalue weighted by atomic mass is 32.1. The van der Waals surface area contributed by atoms with Gasteiger partial charge in [0.2, 0.25) is 0 Å². The average molecular weight is 264 g/mol. The summed E-state index contributed by atoms with van der Waals surface area (Å²) in [6.07, 6.45) is 5.03. The average Bonchev–Trinajstić information content (AvgIpc) is 2.34. The Hall–Kier alpha value is -1.09. The second kappa shape index (κ2) is 8.09. The van der Waals surface area contributed by atoms with E-state index in [9.17, 15) is 0 Å². The van der Waals surface area contributed by atoms with Crippen molar-refractivity contribution in [2.45, 2.75) is 46.5 Å². The Balaban J connectivity index is 2.36. The molecule has 0 radical (unpaired) electrons. The molecule has 0 unspecified atom stereocenters. The van der Waals surface area contributed by atoms with E-state index in [-0.39, 0.29) is 0 Å². The van der Waals surface area contributed by atoms with E-state index in [2.05, 4.69) is 49.6 Å². The number of hydrogen-bond acceptors (Lipinski definition) is 1. The molecule has 0 heterocycles. The number of unbranched alkanes of at least 4 members (excludes halogenated alkanes) is 3. The number of benzene rings is 1. The normalized spacial score (nSPS) is 10.2. The molecular formula is C15H24N2S. The molecule has 0 fully saturated rings. The molecule has 3 heteroatoms. The van der Waals surface area contributed by atoms with Crippen LogP contribution in [0.5, 0.6) is 0 Å². The number of rotatable bonds is 6. The lowest BCUT2D eigenvalue weighted by atomic mass is 10.1. The minimum Gasteiger partial charge on any atom is -0.362 e. The molecule has 100 valence electrons. The van der Waals surface area contributed by atoms with Crippen LogP contribution in [0.15, 0.2) is 18.2 Å². The van der Waals surface area contributed by atoms with Gasteiger partial charge in [0.1, 0.15) is 0 Å². The minimum atomic E-state index is 0.726. The zero-order valence-electron chi connectivity index (χ0n) is 11.7. The van der Waals surface area contributed by atoms with Crippen molar-refractivity contribution in [3.05, 3.63) is 29.3 Å². The number of anilines is 1. The van der Waals surface area contributed by atoms with Crippen molar-refractivity contribution >= 4 is 23.0 Å². The van der Waals surface area contributed by atoms with Crippen molar-refractivity contribution < 1.29 is 0 Å². The third-order valence-corrected chi connectivity index (χ3v) is 3.28.